The summed E-state index contributed by atoms with van der Waals surface area (Å²) in [5.41, 5.74) is 5.51. The van der Waals surface area contributed by atoms with Gasteiger partial charge in [-0.25, -0.2) is 0 Å². The molecule has 0 aromatic heterocycles. The van der Waals surface area contributed by atoms with Crippen molar-refractivity contribution in [2.45, 2.75) is 45.3 Å². The summed E-state index contributed by atoms with van der Waals surface area (Å²) in [5, 5.41) is 0. The number of halogens is 1. The lowest BCUT2D eigenvalue weighted by atomic mass is 9.90. The Bertz CT molecular complexity index is 111. The Balaban J connectivity index is 0.00000121. The predicted molar refractivity (Wildman–Crippen MR) is 53.7 cm³/mol. The molecule has 0 saturated carbocycles. The molecule has 74 valence electrons. The monoisotopic (exact) mass is 193 g/mol. The van der Waals surface area contributed by atoms with E-state index in [4.69, 9.17) is 10.5 Å². The van der Waals surface area contributed by atoms with E-state index in [1.165, 1.54) is 12.8 Å². The first-order chi connectivity index (χ1) is 5.22. The molecule has 2 N–H and O–H groups in total. The molecule has 1 saturated heterocycles. The van der Waals surface area contributed by atoms with E-state index < -0.39 is 0 Å². The minimum atomic E-state index is 0. The van der Waals surface area contributed by atoms with Gasteiger partial charge in [0.1, 0.15) is 0 Å². The lowest BCUT2D eigenvalue weighted by molar-refractivity contribution is -0.0529. The van der Waals surface area contributed by atoms with Gasteiger partial charge in [-0.15, -0.1) is 12.4 Å². The summed E-state index contributed by atoms with van der Waals surface area (Å²) in [6.45, 7) is 5.13. The minimum absolute atomic E-state index is 0. The molecule has 2 nitrogen and oxygen atoms in total. The topological polar surface area (TPSA) is 35.2 Å². The smallest absolute Gasteiger partial charge is 0.0553 e. The van der Waals surface area contributed by atoms with Crippen molar-refractivity contribution < 1.29 is 4.74 Å². The van der Waals surface area contributed by atoms with E-state index in [0.29, 0.717) is 12.2 Å². The fourth-order valence-electron chi connectivity index (χ4n) is 2.01. The molecule has 2 unspecified atom stereocenters. The van der Waals surface area contributed by atoms with Crippen molar-refractivity contribution in [1.82, 2.24) is 0 Å². The first kappa shape index (κ1) is 12.2. The second kappa shape index (κ2) is 5.79. The molecule has 1 fully saturated rings. The zero-order chi connectivity index (χ0) is 8.27. The first-order valence-corrected chi connectivity index (χ1v) is 4.58. The third-order valence-electron chi connectivity index (χ3n) is 2.37. The van der Waals surface area contributed by atoms with Crippen LogP contribution in [0.4, 0.5) is 0 Å². The molecule has 0 bridgehead atoms. The number of nitrogens with two attached hydrogens (primary N) is 1. The number of hydrogen-bond acceptors (Lipinski definition) is 2. The Morgan fingerprint density at radius 3 is 2.17 bits per heavy atom. The average molecular weight is 194 g/mol. The summed E-state index contributed by atoms with van der Waals surface area (Å²) < 4.78 is 5.62. The van der Waals surface area contributed by atoms with Crippen LogP contribution in [0.5, 0.6) is 0 Å². The maximum absolute atomic E-state index is 5.62. The van der Waals surface area contributed by atoms with Crippen molar-refractivity contribution >= 4 is 12.4 Å². The predicted octanol–water partition coefficient (Wildman–Crippen LogP) is 1.96. The van der Waals surface area contributed by atoms with E-state index >= 15 is 0 Å². The number of hydrogen-bond donors (Lipinski definition) is 1. The normalized spacial score (nSPS) is 35.8. The summed E-state index contributed by atoms with van der Waals surface area (Å²) >= 11 is 0. The Hall–Kier alpha value is 0.210. The van der Waals surface area contributed by atoms with Crippen LogP contribution in [-0.2, 0) is 4.74 Å². The van der Waals surface area contributed by atoms with Crippen LogP contribution in [-0.4, -0.2) is 18.8 Å². The molecule has 0 aliphatic carbocycles. The van der Waals surface area contributed by atoms with E-state index in [0.717, 1.165) is 18.9 Å². The molecule has 1 rings (SSSR count). The van der Waals surface area contributed by atoms with Crippen LogP contribution in [0.2, 0.25) is 0 Å². The van der Waals surface area contributed by atoms with E-state index in [1.807, 2.05) is 0 Å². The summed E-state index contributed by atoms with van der Waals surface area (Å²) in [6, 6.07) is 0. The Labute approximate surface area is 81.3 Å². The Morgan fingerprint density at radius 2 is 1.75 bits per heavy atom. The van der Waals surface area contributed by atoms with Crippen LogP contribution >= 0.6 is 12.4 Å². The Kier molecular flexibility index (Phi) is 5.89. The van der Waals surface area contributed by atoms with Crippen molar-refractivity contribution in [2.75, 3.05) is 6.54 Å². The average Bonchev–Trinajstić information content (AvgIpc) is 1.85. The molecular formula is C9H20ClNO. The van der Waals surface area contributed by atoms with Gasteiger partial charge in [0.15, 0.2) is 0 Å². The SMILES string of the molecule is CC1CC(CCN)CC(C)O1.Cl. The lowest BCUT2D eigenvalue weighted by Crippen LogP contribution is -2.30. The number of rotatable bonds is 2. The third-order valence-corrected chi connectivity index (χ3v) is 2.37. The summed E-state index contributed by atoms with van der Waals surface area (Å²) in [6.07, 6.45) is 4.44. The quantitative estimate of drug-likeness (QED) is 0.728. The fraction of sp³-hybridized carbons (Fsp3) is 1.00. The molecule has 12 heavy (non-hydrogen) atoms. The van der Waals surface area contributed by atoms with E-state index in [-0.39, 0.29) is 12.4 Å². The van der Waals surface area contributed by atoms with Gasteiger partial charge in [0, 0.05) is 0 Å². The van der Waals surface area contributed by atoms with Gasteiger partial charge < -0.3 is 10.5 Å². The van der Waals surface area contributed by atoms with Gasteiger partial charge in [-0.05, 0) is 45.6 Å². The van der Waals surface area contributed by atoms with E-state index in [9.17, 15) is 0 Å². The van der Waals surface area contributed by atoms with Crippen LogP contribution in [0.15, 0.2) is 0 Å². The molecule has 0 aromatic rings. The molecule has 0 spiro atoms. The van der Waals surface area contributed by atoms with Crippen LogP contribution < -0.4 is 5.73 Å². The molecule has 0 aromatic carbocycles. The van der Waals surface area contributed by atoms with E-state index in [1.54, 1.807) is 0 Å². The van der Waals surface area contributed by atoms with Gasteiger partial charge in [-0.2, -0.15) is 0 Å². The second-order valence-corrected chi connectivity index (χ2v) is 3.67. The fourth-order valence-corrected chi connectivity index (χ4v) is 2.01. The first-order valence-electron chi connectivity index (χ1n) is 4.58. The molecular weight excluding hydrogens is 174 g/mol. The Morgan fingerprint density at radius 1 is 1.25 bits per heavy atom. The van der Waals surface area contributed by atoms with Crippen LogP contribution in [0.25, 0.3) is 0 Å². The summed E-state index contributed by atoms with van der Waals surface area (Å²) in [4.78, 5) is 0. The zero-order valence-corrected chi connectivity index (χ0v) is 8.77. The highest BCUT2D eigenvalue weighted by Gasteiger charge is 2.23. The highest BCUT2D eigenvalue weighted by Crippen LogP contribution is 2.26. The molecule has 0 radical (unpaired) electrons. The molecule has 0 amide bonds. The van der Waals surface area contributed by atoms with Crippen molar-refractivity contribution in [3.05, 3.63) is 0 Å². The zero-order valence-electron chi connectivity index (χ0n) is 7.95. The highest BCUT2D eigenvalue weighted by molar-refractivity contribution is 5.85. The van der Waals surface area contributed by atoms with Crippen LogP contribution in [0.1, 0.15) is 33.1 Å². The molecule has 1 aliphatic rings. The minimum Gasteiger partial charge on any atom is -0.376 e. The second-order valence-electron chi connectivity index (χ2n) is 3.67. The van der Waals surface area contributed by atoms with Crippen molar-refractivity contribution in [1.29, 1.82) is 0 Å². The molecule has 1 aliphatic heterocycles. The maximum atomic E-state index is 5.62. The van der Waals surface area contributed by atoms with Gasteiger partial charge in [-0.3, -0.25) is 0 Å². The summed E-state index contributed by atoms with van der Waals surface area (Å²) in [5.74, 6) is 0.804. The molecule has 1 heterocycles. The maximum Gasteiger partial charge on any atom is 0.0553 e. The van der Waals surface area contributed by atoms with Crippen molar-refractivity contribution in [2.24, 2.45) is 11.7 Å². The van der Waals surface area contributed by atoms with Gasteiger partial charge >= 0.3 is 0 Å². The van der Waals surface area contributed by atoms with Gasteiger partial charge in [-0.1, -0.05) is 0 Å². The highest BCUT2D eigenvalue weighted by atomic mass is 35.5. The number of ether oxygens (including phenoxy) is 1. The molecule has 2 atom stereocenters. The van der Waals surface area contributed by atoms with Crippen LogP contribution in [0.3, 0.4) is 0 Å². The van der Waals surface area contributed by atoms with Crippen molar-refractivity contribution in [3.63, 3.8) is 0 Å². The standard InChI is InChI=1S/C9H19NO.ClH/c1-7-5-9(3-4-10)6-8(2)11-7;/h7-9H,3-6,10H2,1-2H3;1H. The van der Waals surface area contributed by atoms with E-state index in [2.05, 4.69) is 13.8 Å². The van der Waals surface area contributed by atoms with Gasteiger partial charge in [0.05, 0.1) is 12.2 Å². The van der Waals surface area contributed by atoms with Gasteiger partial charge in [0.25, 0.3) is 0 Å². The van der Waals surface area contributed by atoms with Crippen LogP contribution in [0, 0.1) is 5.92 Å². The summed E-state index contributed by atoms with van der Waals surface area (Å²) in [7, 11) is 0. The van der Waals surface area contributed by atoms with Crippen molar-refractivity contribution in [3.8, 4) is 0 Å². The lowest BCUT2D eigenvalue weighted by Gasteiger charge is -2.31. The van der Waals surface area contributed by atoms with Gasteiger partial charge in [0.2, 0.25) is 0 Å². The third kappa shape index (κ3) is 3.74. The molecule has 3 heteroatoms. The largest absolute Gasteiger partial charge is 0.376 e.